The Balaban J connectivity index is 1.56. The van der Waals surface area contributed by atoms with Crippen LogP contribution < -0.4 is 4.90 Å². The monoisotopic (exact) mass is 359 g/mol. The highest BCUT2D eigenvalue weighted by Gasteiger charge is 2.18. The number of nitrogens with one attached hydrogen (secondary N) is 1. The molecule has 0 aliphatic carbocycles. The largest absolute Gasteiger partial charge is 0.333 e. The number of amides is 1. The van der Waals surface area contributed by atoms with Gasteiger partial charge in [-0.1, -0.05) is 60.3 Å². The van der Waals surface area contributed by atoms with Crippen molar-refractivity contribution in [1.29, 1.82) is 0 Å². The molecule has 128 valence electrons. The summed E-state index contributed by atoms with van der Waals surface area (Å²) >= 11 is 1.41. The minimum absolute atomic E-state index is 0.00727. The van der Waals surface area contributed by atoms with Gasteiger partial charge in [-0.25, -0.2) is 4.98 Å². The summed E-state index contributed by atoms with van der Waals surface area (Å²) < 4.78 is 0. The molecule has 0 saturated carbocycles. The van der Waals surface area contributed by atoms with Gasteiger partial charge < -0.3 is 4.98 Å². The van der Waals surface area contributed by atoms with Crippen LogP contribution in [0.25, 0.3) is 11.0 Å². The highest BCUT2D eigenvalue weighted by Crippen LogP contribution is 2.27. The number of anilines is 2. The number of benzene rings is 3. The Kier molecular flexibility index (Phi) is 4.71. The molecule has 0 bridgehead atoms. The number of H-pyrrole nitrogens is 1. The molecule has 3 aromatic carbocycles. The summed E-state index contributed by atoms with van der Waals surface area (Å²) in [5.74, 6) is 0.303. The SMILES string of the molecule is O=C(CSc1nc2ccccc2[nH]1)N(c1ccccc1)c1ccccc1. The first-order chi connectivity index (χ1) is 12.8. The molecular formula is C21H17N3OS. The van der Waals surface area contributed by atoms with Gasteiger partial charge in [-0.2, -0.15) is 0 Å². The molecule has 1 N–H and O–H groups in total. The van der Waals surface area contributed by atoms with Crippen molar-refractivity contribution in [2.75, 3.05) is 10.7 Å². The Morgan fingerprint density at radius 3 is 2.04 bits per heavy atom. The van der Waals surface area contributed by atoms with Crippen LogP contribution in [0.2, 0.25) is 0 Å². The minimum Gasteiger partial charge on any atom is -0.333 e. The fraction of sp³-hybridized carbons (Fsp3) is 0.0476. The first-order valence-corrected chi connectivity index (χ1v) is 9.30. The Morgan fingerprint density at radius 1 is 0.846 bits per heavy atom. The van der Waals surface area contributed by atoms with Crippen molar-refractivity contribution >= 4 is 40.1 Å². The average Bonchev–Trinajstić information content (AvgIpc) is 3.11. The van der Waals surface area contributed by atoms with E-state index in [0.29, 0.717) is 5.75 Å². The first-order valence-electron chi connectivity index (χ1n) is 8.32. The van der Waals surface area contributed by atoms with E-state index >= 15 is 0 Å². The molecule has 4 aromatic rings. The molecule has 1 heterocycles. The molecule has 26 heavy (non-hydrogen) atoms. The van der Waals surface area contributed by atoms with Gasteiger partial charge in [0.1, 0.15) is 0 Å². The third-order valence-corrected chi connectivity index (χ3v) is 4.84. The molecule has 0 aliphatic rings. The number of aromatic amines is 1. The Labute approximate surface area is 155 Å². The van der Waals surface area contributed by atoms with Gasteiger partial charge in [0, 0.05) is 11.4 Å². The zero-order chi connectivity index (χ0) is 17.8. The molecule has 0 saturated heterocycles. The second-order valence-electron chi connectivity index (χ2n) is 5.75. The maximum atomic E-state index is 13.0. The highest BCUT2D eigenvalue weighted by molar-refractivity contribution is 7.99. The number of fused-ring (bicyclic) bond motifs is 1. The summed E-state index contributed by atoms with van der Waals surface area (Å²) in [7, 11) is 0. The van der Waals surface area contributed by atoms with Crippen molar-refractivity contribution in [2.45, 2.75) is 5.16 Å². The molecule has 0 unspecified atom stereocenters. The van der Waals surface area contributed by atoms with Gasteiger partial charge in [0.25, 0.3) is 0 Å². The zero-order valence-electron chi connectivity index (χ0n) is 14.0. The molecule has 1 amide bonds. The maximum absolute atomic E-state index is 13.0. The van der Waals surface area contributed by atoms with Gasteiger partial charge in [0.15, 0.2) is 5.16 Å². The summed E-state index contributed by atoms with van der Waals surface area (Å²) in [6, 6.07) is 27.3. The standard InChI is InChI=1S/C21H17N3OS/c25-20(15-26-21-22-18-13-7-8-14-19(18)23-21)24(16-9-3-1-4-10-16)17-11-5-2-6-12-17/h1-14H,15H2,(H,22,23). The molecular weight excluding hydrogens is 342 g/mol. The molecule has 0 radical (unpaired) electrons. The van der Waals surface area contributed by atoms with Crippen molar-refractivity contribution in [3.63, 3.8) is 0 Å². The zero-order valence-corrected chi connectivity index (χ0v) is 14.8. The number of aromatic nitrogens is 2. The van der Waals surface area contributed by atoms with Crippen LogP contribution in [0.4, 0.5) is 11.4 Å². The summed E-state index contributed by atoms with van der Waals surface area (Å²) in [6.07, 6.45) is 0. The van der Waals surface area contributed by atoms with Crippen LogP contribution in [-0.4, -0.2) is 21.6 Å². The highest BCUT2D eigenvalue weighted by atomic mass is 32.2. The lowest BCUT2D eigenvalue weighted by Gasteiger charge is -2.22. The van der Waals surface area contributed by atoms with Crippen molar-refractivity contribution in [3.8, 4) is 0 Å². The van der Waals surface area contributed by atoms with Crippen molar-refractivity contribution in [1.82, 2.24) is 9.97 Å². The fourth-order valence-corrected chi connectivity index (χ4v) is 3.52. The van der Waals surface area contributed by atoms with Gasteiger partial charge in [-0.15, -0.1) is 0 Å². The average molecular weight is 359 g/mol. The predicted octanol–water partition coefficient (Wildman–Crippen LogP) is 5.02. The van der Waals surface area contributed by atoms with Crippen LogP contribution in [0.1, 0.15) is 0 Å². The normalized spacial score (nSPS) is 10.8. The second kappa shape index (κ2) is 7.45. The topological polar surface area (TPSA) is 49.0 Å². The van der Waals surface area contributed by atoms with Gasteiger partial charge in [-0.05, 0) is 36.4 Å². The number of nitrogens with zero attached hydrogens (tertiary/aromatic N) is 2. The number of carbonyl (C=O) groups excluding carboxylic acids is 1. The van der Waals surface area contributed by atoms with Crippen LogP contribution in [0, 0.1) is 0 Å². The molecule has 0 aliphatic heterocycles. The van der Waals surface area contributed by atoms with E-state index in [1.54, 1.807) is 4.90 Å². The quantitative estimate of drug-likeness (QED) is 0.509. The van der Waals surface area contributed by atoms with Crippen LogP contribution in [0.5, 0.6) is 0 Å². The first kappa shape index (κ1) is 16.4. The fourth-order valence-electron chi connectivity index (χ4n) is 2.78. The van der Waals surface area contributed by atoms with Crippen molar-refractivity contribution in [3.05, 3.63) is 84.9 Å². The summed E-state index contributed by atoms with van der Waals surface area (Å²) in [5, 5.41) is 0.751. The molecule has 4 nitrogen and oxygen atoms in total. The number of imidazole rings is 1. The van der Waals surface area contributed by atoms with Crippen LogP contribution in [0.15, 0.2) is 90.1 Å². The molecule has 1 aromatic heterocycles. The summed E-state index contributed by atoms with van der Waals surface area (Å²) in [5.41, 5.74) is 3.60. The van der Waals surface area contributed by atoms with Gasteiger partial charge in [-0.3, -0.25) is 9.69 Å². The van der Waals surface area contributed by atoms with Crippen LogP contribution in [0.3, 0.4) is 0 Å². The number of thioether (sulfide) groups is 1. The van der Waals surface area contributed by atoms with Gasteiger partial charge in [0.05, 0.1) is 16.8 Å². The molecule has 0 atom stereocenters. The van der Waals surface area contributed by atoms with Gasteiger partial charge in [0.2, 0.25) is 5.91 Å². The number of carbonyl (C=O) groups is 1. The summed E-state index contributed by atoms with van der Waals surface area (Å²) in [6.45, 7) is 0. The molecule has 0 fully saturated rings. The Morgan fingerprint density at radius 2 is 1.42 bits per heavy atom. The third kappa shape index (κ3) is 3.48. The maximum Gasteiger partial charge on any atom is 0.242 e. The summed E-state index contributed by atoms with van der Waals surface area (Å²) in [4.78, 5) is 22.5. The third-order valence-electron chi connectivity index (χ3n) is 3.98. The van der Waals surface area contributed by atoms with E-state index in [0.717, 1.165) is 27.6 Å². The van der Waals surface area contributed by atoms with E-state index in [2.05, 4.69) is 9.97 Å². The van der Waals surface area contributed by atoms with Gasteiger partial charge >= 0.3 is 0 Å². The molecule has 5 heteroatoms. The van der Waals surface area contributed by atoms with E-state index in [4.69, 9.17) is 0 Å². The molecule has 4 rings (SSSR count). The minimum atomic E-state index is 0.00727. The Hall–Kier alpha value is -3.05. The Bertz CT molecular complexity index is 943. The van der Waals surface area contributed by atoms with E-state index < -0.39 is 0 Å². The number of rotatable bonds is 5. The number of hydrogen-bond donors (Lipinski definition) is 1. The predicted molar refractivity (Wildman–Crippen MR) is 107 cm³/mol. The van der Waals surface area contributed by atoms with E-state index in [-0.39, 0.29) is 5.91 Å². The van der Waals surface area contributed by atoms with E-state index in [1.165, 1.54) is 11.8 Å². The molecule has 0 spiro atoms. The lowest BCUT2D eigenvalue weighted by atomic mass is 10.2. The lowest BCUT2D eigenvalue weighted by molar-refractivity contribution is -0.115. The van der Waals surface area contributed by atoms with E-state index in [1.807, 2.05) is 84.9 Å². The number of para-hydroxylation sites is 4. The lowest BCUT2D eigenvalue weighted by Crippen LogP contribution is -2.27. The van der Waals surface area contributed by atoms with Crippen molar-refractivity contribution in [2.24, 2.45) is 0 Å². The number of hydrogen-bond acceptors (Lipinski definition) is 3. The van der Waals surface area contributed by atoms with Crippen molar-refractivity contribution < 1.29 is 4.79 Å². The smallest absolute Gasteiger partial charge is 0.242 e. The van der Waals surface area contributed by atoms with Crippen LogP contribution >= 0.6 is 11.8 Å². The second-order valence-corrected chi connectivity index (χ2v) is 6.71. The van der Waals surface area contributed by atoms with E-state index in [9.17, 15) is 4.79 Å². The van der Waals surface area contributed by atoms with Crippen LogP contribution in [-0.2, 0) is 4.79 Å².